The molecular formula is C22H24FN3O3S. The lowest BCUT2D eigenvalue weighted by molar-refractivity contribution is -0.134. The number of carbonyl (C=O) groups excluding carboxylic acids is 1. The van der Waals surface area contributed by atoms with Crippen LogP contribution in [0.2, 0.25) is 0 Å². The molecule has 1 aromatic carbocycles. The van der Waals surface area contributed by atoms with Crippen molar-refractivity contribution in [2.45, 2.75) is 33.4 Å². The van der Waals surface area contributed by atoms with Gasteiger partial charge in [0.25, 0.3) is 5.56 Å². The second-order valence-corrected chi connectivity index (χ2v) is 9.15. The Morgan fingerprint density at radius 3 is 2.50 bits per heavy atom. The number of piperidine rings is 1. The highest BCUT2D eigenvalue weighted by Crippen LogP contribution is 2.22. The monoisotopic (exact) mass is 429 g/mol. The van der Waals surface area contributed by atoms with Crippen molar-refractivity contribution in [3.8, 4) is 0 Å². The highest BCUT2D eigenvalue weighted by atomic mass is 32.1. The van der Waals surface area contributed by atoms with Gasteiger partial charge in [-0.15, -0.1) is 11.3 Å². The third-order valence-corrected chi connectivity index (χ3v) is 6.53. The fourth-order valence-corrected chi connectivity index (χ4v) is 5.17. The normalized spacial score (nSPS) is 19.4. The van der Waals surface area contributed by atoms with Crippen LogP contribution >= 0.6 is 11.3 Å². The lowest BCUT2D eigenvalue weighted by atomic mass is 9.92. The molecule has 0 spiro atoms. The molecule has 0 N–H and O–H groups in total. The smallest absolute Gasteiger partial charge is 0.332 e. The summed E-state index contributed by atoms with van der Waals surface area (Å²) in [5.41, 5.74) is -0.354. The summed E-state index contributed by atoms with van der Waals surface area (Å²) in [6, 6.07) is 7.75. The molecule has 1 aliphatic rings. The average molecular weight is 430 g/mol. The zero-order valence-corrected chi connectivity index (χ0v) is 17.8. The van der Waals surface area contributed by atoms with Crippen LogP contribution in [0.1, 0.15) is 25.8 Å². The molecule has 0 unspecified atom stereocenters. The number of aromatic nitrogens is 2. The fraction of sp³-hybridized carbons (Fsp3) is 0.409. The number of rotatable bonds is 4. The predicted molar refractivity (Wildman–Crippen MR) is 115 cm³/mol. The van der Waals surface area contributed by atoms with E-state index in [0.29, 0.717) is 35.1 Å². The maximum atomic E-state index is 14.1. The SMILES string of the molecule is C[C@H]1C[C@H](C)CN(C(=O)Cn2c(=O)n(Cc3ccccc3F)c(=O)c3sccc32)C1. The van der Waals surface area contributed by atoms with Crippen LogP contribution in [0.4, 0.5) is 4.39 Å². The van der Waals surface area contributed by atoms with E-state index in [1.807, 2.05) is 0 Å². The zero-order chi connectivity index (χ0) is 21.4. The maximum Gasteiger partial charge on any atom is 0.332 e. The van der Waals surface area contributed by atoms with Crippen molar-refractivity contribution in [1.82, 2.24) is 14.0 Å². The first-order chi connectivity index (χ1) is 14.3. The van der Waals surface area contributed by atoms with Gasteiger partial charge in [0.15, 0.2) is 0 Å². The van der Waals surface area contributed by atoms with Crippen molar-refractivity contribution in [2.75, 3.05) is 13.1 Å². The van der Waals surface area contributed by atoms with Gasteiger partial charge < -0.3 is 4.90 Å². The largest absolute Gasteiger partial charge is 0.341 e. The molecule has 30 heavy (non-hydrogen) atoms. The number of likely N-dealkylation sites (tertiary alicyclic amines) is 1. The van der Waals surface area contributed by atoms with E-state index in [-0.39, 0.29) is 24.6 Å². The summed E-state index contributed by atoms with van der Waals surface area (Å²) in [7, 11) is 0. The number of benzene rings is 1. The van der Waals surface area contributed by atoms with Gasteiger partial charge in [-0.3, -0.25) is 18.7 Å². The third-order valence-electron chi connectivity index (χ3n) is 5.64. The van der Waals surface area contributed by atoms with Crippen molar-refractivity contribution >= 4 is 27.5 Å². The lowest BCUT2D eigenvalue weighted by Crippen LogP contribution is -2.47. The molecule has 1 fully saturated rings. The summed E-state index contributed by atoms with van der Waals surface area (Å²) in [5, 5.41) is 1.73. The van der Waals surface area contributed by atoms with Crippen molar-refractivity contribution in [3.63, 3.8) is 0 Å². The van der Waals surface area contributed by atoms with Gasteiger partial charge in [-0.1, -0.05) is 32.0 Å². The van der Waals surface area contributed by atoms with Gasteiger partial charge in [-0.2, -0.15) is 0 Å². The van der Waals surface area contributed by atoms with E-state index in [9.17, 15) is 18.8 Å². The minimum Gasteiger partial charge on any atom is -0.341 e. The Hall–Kier alpha value is -2.74. The number of thiophene rings is 1. The molecule has 1 aliphatic heterocycles. The summed E-state index contributed by atoms with van der Waals surface area (Å²) in [6.45, 7) is 5.26. The van der Waals surface area contributed by atoms with E-state index in [4.69, 9.17) is 0 Å². The summed E-state index contributed by atoms with van der Waals surface area (Å²) in [5.74, 6) is 0.198. The fourth-order valence-electron chi connectivity index (χ4n) is 4.32. The van der Waals surface area contributed by atoms with Gasteiger partial charge in [0.2, 0.25) is 5.91 Å². The van der Waals surface area contributed by atoms with Crippen LogP contribution in [0.15, 0.2) is 45.3 Å². The van der Waals surface area contributed by atoms with Gasteiger partial charge >= 0.3 is 5.69 Å². The first kappa shape index (κ1) is 20.5. The van der Waals surface area contributed by atoms with Crippen molar-refractivity contribution < 1.29 is 9.18 Å². The molecule has 2 atom stereocenters. The highest BCUT2D eigenvalue weighted by molar-refractivity contribution is 7.17. The Bertz CT molecular complexity index is 1200. The Morgan fingerprint density at radius 1 is 1.10 bits per heavy atom. The molecule has 4 rings (SSSR count). The minimum absolute atomic E-state index is 0.136. The molecule has 3 aromatic rings. The third kappa shape index (κ3) is 3.84. The number of nitrogens with zero attached hydrogens (tertiary/aromatic N) is 3. The minimum atomic E-state index is -0.597. The van der Waals surface area contributed by atoms with E-state index in [2.05, 4.69) is 13.8 Å². The zero-order valence-electron chi connectivity index (χ0n) is 17.0. The second kappa shape index (κ2) is 8.18. The molecule has 158 valence electrons. The Kier molecular flexibility index (Phi) is 5.60. The summed E-state index contributed by atoms with van der Waals surface area (Å²) in [4.78, 5) is 40.9. The standard InChI is InChI=1S/C22H24FN3O3S/c1-14-9-15(2)11-24(10-14)19(27)13-25-18-7-8-30-20(18)21(28)26(22(25)29)12-16-5-3-4-6-17(16)23/h3-8,14-15H,9-13H2,1-2H3/t14-,15-/m0/s1. The number of amides is 1. The van der Waals surface area contributed by atoms with Crippen molar-refractivity contribution in [3.05, 3.63) is 67.9 Å². The van der Waals surface area contributed by atoms with Crippen LogP contribution in [0.5, 0.6) is 0 Å². The number of hydrogen-bond donors (Lipinski definition) is 0. The van der Waals surface area contributed by atoms with Gasteiger partial charge in [0, 0.05) is 18.7 Å². The van der Waals surface area contributed by atoms with Crippen molar-refractivity contribution in [1.29, 1.82) is 0 Å². The molecule has 6 nitrogen and oxygen atoms in total. The van der Waals surface area contributed by atoms with Crippen LogP contribution in [-0.4, -0.2) is 33.0 Å². The molecule has 0 saturated carbocycles. The Morgan fingerprint density at radius 2 is 1.80 bits per heavy atom. The van der Waals surface area contributed by atoms with Crippen LogP contribution < -0.4 is 11.2 Å². The van der Waals surface area contributed by atoms with Gasteiger partial charge in [-0.05, 0) is 35.8 Å². The molecule has 0 radical (unpaired) electrons. The van der Waals surface area contributed by atoms with Crippen LogP contribution in [-0.2, 0) is 17.9 Å². The van der Waals surface area contributed by atoms with Crippen LogP contribution in [0.3, 0.4) is 0 Å². The van der Waals surface area contributed by atoms with Crippen molar-refractivity contribution in [2.24, 2.45) is 11.8 Å². The lowest BCUT2D eigenvalue weighted by Gasteiger charge is -2.35. The van der Waals surface area contributed by atoms with E-state index < -0.39 is 17.1 Å². The summed E-state index contributed by atoms with van der Waals surface area (Å²) >= 11 is 1.22. The van der Waals surface area contributed by atoms with Gasteiger partial charge in [-0.25, -0.2) is 9.18 Å². The van der Waals surface area contributed by atoms with Crippen LogP contribution in [0.25, 0.3) is 10.2 Å². The van der Waals surface area contributed by atoms with Gasteiger partial charge in [0.05, 0.1) is 12.1 Å². The molecule has 0 aliphatic carbocycles. The molecule has 0 bridgehead atoms. The van der Waals surface area contributed by atoms with E-state index in [0.717, 1.165) is 11.0 Å². The molecular weight excluding hydrogens is 405 g/mol. The first-order valence-corrected chi connectivity index (χ1v) is 10.9. The first-order valence-electron chi connectivity index (χ1n) is 10.1. The Balaban J connectivity index is 1.74. The molecule has 2 aromatic heterocycles. The topological polar surface area (TPSA) is 64.3 Å². The van der Waals surface area contributed by atoms with E-state index >= 15 is 0 Å². The van der Waals surface area contributed by atoms with E-state index in [1.54, 1.807) is 34.5 Å². The Labute approximate surface area is 177 Å². The quantitative estimate of drug-likeness (QED) is 0.641. The molecule has 8 heteroatoms. The molecule has 3 heterocycles. The highest BCUT2D eigenvalue weighted by Gasteiger charge is 2.26. The number of halogens is 1. The predicted octanol–water partition coefficient (Wildman–Crippen LogP) is 2.92. The molecule has 1 saturated heterocycles. The number of carbonyl (C=O) groups is 1. The average Bonchev–Trinajstić information content (AvgIpc) is 3.19. The van der Waals surface area contributed by atoms with Gasteiger partial charge in [0.1, 0.15) is 17.1 Å². The second-order valence-electron chi connectivity index (χ2n) is 8.23. The summed E-state index contributed by atoms with van der Waals surface area (Å²) < 4.78 is 16.9. The number of fused-ring (bicyclic) bond motifs is 1. The molecule has 1 amide bonds. The number of hydrogen-bond acceptors (Lipinski definition) is 4. The maximum absolute atomic E-state index is 14.1. The summed E-state index contributed by atoms with van der Waals surface area (Å²) in [6.07, 6.45) is 1.08. The van der Waals surface area contributed by atoms with Crippen LogP contribution in [0, 0.1) is 17.7 Å². The van der Waals surface area contributed by atoms with E-state index in [1.165, 1.54) is 22.0 Å².